The zero-order chi connectivity index (χ0) is 17.4. The van der Waals surface area contributed by atoms with E-state index in [-0.39, 0.29) is 6.10 Å². The first-order valence-electron chi connectivity index (χ1n) is 9.54. The van der Waals surface area contributed by atoms with Crippen LogP contribution in [0.4, 0.5) is 0 Å². The Bertz CT molecular complexity index is 915. The maximum atomic E-state index is 6.11. The average Bonchev–Trinajstić information content (AvgIpc) is 3.30. The van der Waals surface area contributed by atoms with Crippen molar-refractivity contribution in [1.29, 1.82) is 0 Å². The minimum atomic E-state index is 0.241. The van der Waals surface area contributed by atoms with E-state index in [0.29, 0.717) is 5.41 Å². The van der Waals surface area contributed by atoms with Gasteiger partial charge < -0.3 is 4.74 Å². The number of nitrogens with zero attached hydrogens (tertiary/aromatic N) is 5. The van der Waals surface area contributed by atoms with Crippen LogP contribution in [-0.4, -0.2) is 37.7 Å². The highest BCUT2D eigenvalue weighted by molar-refractivity contribution is 5.76. The molecule has 1 saturated carbocycles. The van der Waals surface area contributed by atoms with Crippen molar-refractivity contribution in [2.24, 2.45) is 5.41 Å². The van der Waals surface area contributed by atoms with Gasteiger partial charge in [-0.3, -0.25) is 4.98 Å². The number of benzene rings is 1. The Morgan fingerprint density at radius 1 is 1.08 bits per heavy atom. The molecule has 0 radical (unpaired) electrons. The van der Waals surface area contributed by atoms with Crippen molar-refractivity contribution >= 4 is 11.0 Å². The van der Waals surface area contributed by atoms with E-state index < -0.39 is 0 Å². The molecule has 6 heteroatoms. The molecule has 1 aromatic carbocycles. The third-order valence-corrected chi connectivity index (χ3v) is 5.84. The van der Waals surface area contributed by atoms with Gasteiger partial charge in [-0.2, -0.15) is 0 Å². The summed E-state index contributed by atoms with van der Waals surface area (Å²) >= 11 is 0. The lowest BCUT2D eigenvalue weighted by atomic mass is 9.73. The van der Waals surface area contributed by atoms with Gasteiger partial charge in [0, 0.05) is 0 Å². The highest BCUT2D eigenvalue weighted by Gasteiger charge is 2.40. The van der Waals surface area contributed by atoms with Gasteiger partial charge in [0.25, 0.3) is 0 Å². The van der Waals surface area contributed by atoms with Gasteiger partial charge in [-0.1, -0.05) is 36.6 Å². The van der Waals surface area contributed by atoms with E-state index >= 15 is 0 Å². The minimum Gasteiger partial charge on any atom is -0.376 e. The summed E-state index contributed by atoms with van der Waals surface area (Å²) < 4.78 is 7.99. The molecule has 134 valence electrons. The van der Waals surface area contributed by atoms with Crippen LogP contribution < -0.4 is 0 Å². The van der Waals surface area contributed by atoms with E-state index in [0.717, 1.165) is 42.0 Å². The first-order valence-corrected chi connectivity index (χ1v) is 9.54. The third kappa shape index (κ3) is 2.98. The fourth-order valence-corrected chi connectivity index (χ4v) is 4.46. The Morgan fingerprint density at radius 2 is 1.92 bits per heavy atom. The third-order valence-electron chi connectivity index (χ3n) is 5.84. The molecule has 6 nitrogen and oxygen atoms in total. The number of para-hydroxylation sites is 2. The zero-order valence-corrected chi connectivity index (χ0v) is 14.8. The molecule has 3 heterocycles. The number of fused-ring (bicyclic) bond motifs is 1. The topological polar surface area (TPSA) is 65.7 Å². The van der Waals surface area contributed by atoms with Crippen LogP contribution in [0, 0.1) is 5.41 Å². The fraction of sp³-hybridized carbons (Fsp3) is 0.500. The lowest BCUT2D eigenvalue weighted by molar-refractivity contribution is 0.0736. The number of rotatable bonds is 3. The highest BCUT2D eigenvalue weighted by Crippen LogP contribution is 2.45. The summed E-state index contributed by atoms with van der Waals surface area (Å²) in [4.78, 5) is 9.11. The molecule has 26 heavy (non-hydrogen) atoms. The fourth-order valence-electron chi connectivity index (χ4n) is 4.46. The first-order chi connectivity index (χ1) is 12.8. The van der Waals surface area contributed by atoms with Crippen molar-refractivity contribution in [3.8, 4) is 11.4 Å². The van der Waals surface area contributed by atoms with Gasteiger partial charge in [-0.15, -0.1) is 5.10 Å². The molecule has 0 bridgehead atoms. The molecular formula is C20H23N5O. The quantitative estimate of drug-likeness (QED) is 0.722. The molecule has 1 aliphatic heterocycles. The molecule has 5 rings (SSSR count). The number of aromatic nitrogens is 5. The van der Waals surface area contributed by atoms with E-state index in [1.807, 2.05) is 35.1 Å². The van der Waals surface area contributed by atoms with E-state index in [1.54, 1.807) is 6.20 Å². The lowest BCUT2D eigenvalue weighted by Gasteiger charge is -2.31. The zero-order valence-electron chi connectivity index (χ0n) is 14.8. The predicted octanol–water partition coefficient (Wildman–Crippen LogP) is 3.63. The largest absolute Gasteiger partial charge is 0.376 e. The smallest absolute Gasteiger partial charge is 0.133 e. The molecule has 1 atom stereocenters. The molecule has 2 fully saturated rings. The van der Waals surface area contributed by atoms with Crippen molar-refractivity contribution in [1.82, 2.24) is 25.0 Å². The second-order valence-corrected chi connectivity index (χ2v) is 7.77. The summed E-state index contributed by atoms with van der Waals surface area (Å²) in [6.45, 7) is 1.67. The summed E-state index contributed by atoms with van der Waals surface area (Å²) in [5.74, 6) is 0. The summed E-state index contributed by atoms with van der Waals surface area (Å²) in [6.07, 6.45) is 11.8. The maximum Gasteiger partial charge on any atom is 0.133 e. The Kier molecular flexibility index (Phi) is 3.93. The van der Waals surface area contributed by atoms with Crippen molar-refractivity contribution in [2.45, 2.75) is 51.2 Å². The van der Waals surface area contributed by atoms with Crippen LogP contribution in [-0.2, 0) is 11.3 Å². The van der Waals surface area contributed by atoms with E-state index in [1.165, 1.54) is 32.1 Å². The van der Waals surface area contributed by atoms with Crippen LogP contribution in [0.25, 0.3) is 22.4 Å². The van der Waals surface area contributed by atoms with Crippen molar-refractivity contribution in [3.05, 3.63) is 36.7 Å². The Hall–Kier alpha value is -2.34. The van der Waals surface area contributed by atoms with Crippen molar-refractivity contribution < 1.29 is 4.74 Å². The van der Waals surface area contributed by atoms with E-state index in [2.05, 4.69) is 20.3 Å². The summed E-state index contributed by atoms with van der Waals surface area (Å²) in [5, 5.41) is 8.58. The normalized spacial score (nSPS) is 22.2. The van der Waals surface area contributed by atoms with Gasteiger partial charge in [-0.25, -0.2) is 9.67 Å². The Morgan fingerprint density at radius 3 is 2.81 bits per heavy atom. The van der Waals surface area contributed by atoms with Crippen LogP contribution in [0.15, 0.2) is 36.7 Å². The highest BCUT2D eigenvalue weighted by atomic mass is 16.5. The molecule has 0 N–H and O–H groups in total. The molecule has 2 aliphatic rings. The molecule has 1 saturated heterocycles. The molecular weight excluding hydrogens is 326 g/mol. The van der Waals surface area contributed by atoms with Crippen molar-refractivity contribution in [3.63, 3.8) is 0 Å². The van der Waals surface area contributed by atoms with Gasteiger partial charge in [-0.05, 0) is 36.8 Å². The lowest BCUT2D eigenvalue weighted by Crippen LogP contribution is -2.25. The van der Waals surface area contributed by atoms with Gasteiger partial charge in [0.05, 0.1) is 42.7 Å². The summed E-state index contributed by atoms with van der Waals surface area (Å²) in [6, 6.07) is 7.86. The van der Waals surface area contributed by atoms with Crippen LogP contribution in [0.3, 0.4) is 0 Å². The first kappa shape index (κ1) is 15.9. The molecule has 3 aromatic rings. The van der Waals surface area contributed by atoms with E-state index in [4.69, 9.17) is 4.74 Å². The predicted molar refractivity (Wildman–Crippen MR) is 98.4 cm³/mol. The van der Waals surface area contributed by atoms with Gasteiger partial charge >= 0.3 is 0 Å². The number of ether oxygens (including phenoxy) is 1. The van der Waals surface area contributed by atoms with Gasteiger partial charge in [0.1, 0.15) is 11.4 Å². The molecule has 0 amide bonds. The standard InChI is InChI=1S/C20H23N5O/c1-4-8-20(9-5-1)10-15(26-14-20)12-25-13-19(23-24-25)18-11-21-16-6-2-3-7-17(16)22-18/h2-3,6-7,11,13,15H,1,4-5,8-10,12,14H2. The average molecular weight is 349 g/mol. The maximum absolute atomic E-state index is 6.11. The summed E-state index contributed by atoms with van der Waals surface area (Å²) in [5.41, 5.74) is 3.70. The van der Waals surface area contributed by atoms with E-state index in [9.17, 15) is 0 Å². The SMILES string of the molecule is c1ccc2nc(-c3cn(CC4CC5(CCCCC5)CO4)nn3)cnc2c1. The molecule has 2 aromatic heterocycles. The Balaban J connectivity index is 1.30. The molecule has 1 aliphatic carbocycles. The monoisotopic (exact) mass is 349 g/mol. The van der Waals surface area contributed by atoms with Crippen molar-refractivity contribution in [2.75, 3.05) is 6.61 Å². The van der Waals surface area contributed by atoms with Crippen LogP contribution in [0.1, 0.15) is 38.5 Å². The van der Waals surface area contributed by atoms with Gasteiger partial charge in [0.15, 0.2) is 0 Å². The Labute approximate surface area is 152 Å². The number of hydrogen-bond acceptors (Lipinski definition) is 5. The van der Waals surface area contributed by atoms with Gasteiger partial charge in [0.2, 0.25) is 0 Å². The molecule has 1 unspecified atom stereocenters. The second-order valence-electron chi connectivity index (χ2n) is 7.77. The van der Waals surface area contributed by atoms with Crippen LogP contribution in [0.2, 0.25) is 0 Å². The minimum absolute atomic E-state index is 0.241. The number of hydrogen-bond donors (Lipinski definition) is 0. The van der Waals surface area contributed by atoms with Crippen LogP contribution >= 0.6 is 0 Å². The molecule has 1 spiro atoms. The van der Waals surface area contributed by atoms with Crippen LogP contribution in [0.5, 0.6) is 0 Å². The second kappa shape index (κ2) is 6.43. The summed E-state index contributed by atoms with van der Waals surface area (Å²) in [7, 11) is 0.